The molecule has 4 rings (SSSR count). The highest BCUT2D eigenvalue weighted by Gasteiger charge is 2.38. The summed E-state index contributed by atoms with van der Waals surface area (Å²) < 4.78 is 81.0. The van der Waals surface area contributed by atoms with Gasteiger partial charge in [0.05, 0.1) is 33.6 Å². The third kappa shape index (κ3) is 5.14. The number of alkyl halides is 6. The van der Waals surface area contributed by atoms with E-state index < -0.39 is 35.0 Å². The lowest BCUT2D eigenvalue weighted by Gasteiger charge is -2.21. The summed E-state index contributed by atoms with van der Waals surface area (Å²) in [6.07, 6.45) is -8.69. The molecule has 182 valence electrons. The number of benzene rings is 2. The number of rotatable bonds is 4. The normalized spacial score (nSPS) is 12.2. The topological polar surface area (TPSA) is 46.1 Å². The van der Waals surface area contributed by atoms with Crippen molar-refractivity contribution in [2.45, 2.75) is 32.7 Å². The second kappa shape index (κ2) is 8.95. The maximum atomic E-state index is 13.5. The Bertz CT molecular complexity index is 1360. The van der Waals surface area contributed by atoms with E-state index in [2.05, 4.69) is 9.97 Å². The third-order valence-corrected chi connectivity index (χ3v) is 6.47. The van der Waals surface area contributed by atoms with Crippen molar-refractivity contribution in [2.24, 2.45) is 0 Å². The fraction of sp³-hybridized carbons (Fsp3) is 0.208. The van der Waals surface area contributed by atoms with Crippen LogP contribution in [0.4, 0.5) is 31.5 Å². The van der Waals surface area contributed by atoms with Gasteiger partial charge in [0.2, 0.25) is 0 Å². The summed E-state index contributed by atoms with van der Waals surface area (Å²) in [5.74, 6) is -1.05. The molecule has 0 radical (unpaired) electrons. The van der Waals surface area contributed by atoms with Crippen LogP contribution in [0.2, 0.25) is 0 Å². The first-order valence-electron chi connectivity index (χ1n) is 10.2. The van der Waals surface area contributed by atoms with Crippen LogP contribution in [0.15, 0.2) is 54.7 Å². The number of thiazole rings is 1. The Morgan fingerprint density at radius 2 is 1.60 bits per heavy atom. The largest absolute Gasteiger partial charge is 0.416 e. The van der Waals surface area contributed by atoms with Crippen molar-refractivity contribution in [3.05, 3.63) is 88.2 Å². The van der Waals surface area contributed by atoms with Crippen LogP contribution in [0.1, 0.15) is 38.3 Å². The van der Waals surface area contributed by atoms with Crippen LogP contribution in [-0.2, 0) is 18.9 Å². The lowest BCUT2D eigenvalue weighted by molar-refractivity contribution is -0.143. The highest BCUT2D eigenvalue weighted by molar-refractivity contribution is 7.22. The van der Waals surface area contributed by atoms with Gasteiger partial charge in [-0.1, -0.05) is 23.5 Å². The van der Waals surface area contributed by atoms with Gasteiger partial charge in [-0.15, -0.1) is 0 Å². The zero-order valence-electron chi connectivity index (χ0n) is 18.3. The summed E-state index contributed by atoms with van der Waals surface area (Å²) in [7, 11) is 0. The number of fused-ring (bicyclic) bond motifs is 1. The number of hydrogen-bond donors (Lipinski definition) is 0. The zero-order chi connectivity index (χ0) is 25.5. The van der Waals surface area contributed by atoms with Crippen LogP contribution in [-0.4, -0.2) is 15.9 Å². The second-order valence-electron chi connectivity index (χ2n) is 7.86. The molecule has 0 aliphatic carbocycles. The van der Waals surface area contributed by atoms with Crippen molar-refractivity contribution in [2.75, 3.05) is 4.90 Å². The number of halogens is 6. The molecule has 0 aliphatic rings. The summed E-state index contributed by atoms with van der Waals surface area (Å²) in [5.41, 5.74) is -1.10. The van der Waals surface area contributed by atoms with Gasteiger partial charge in [-0.2, -0.15) is 26.3 Å². The molecule has 0 saturated carbocycles. The Labute approximate surface area is 199 Å². The van der Waals surface area contributed by atoms with E-state index in [0.29, 0.717) is 23.3 Å². The first-order chi connectivity index (χ1) is 16.3. The quantitative estimate of drug-likeness (QED) is 0.274. The standard InChI is InChI=1S/C24H17F6N3OS/c1-13-6-7-19-20(14(13)2)32-22(35-19)33(12-18-5-3-4-8-31-18)21(34)15-9-16(23(25,26)27)11-17(10-15)24(28,29)30/h3-11H,12H2,1-2H3. The number of carbonyl (C=O) groups excluding carboxylic acids is 1. The van der Waals surface area contributed by atoms with Gasteiger partial charge in [0.15, 0.2) is 5.13 Å². The molecule has 11 heteroatoms. The molecule has 0 aliphatic heterocycles. The predicted molar refractivity (Wildman–Crippen MR) is 120 cm³/mol. The van der Waals surface area contributed by atoms with E-state index in [1.165, 1.54) is 6.20 Å². The van der Waals surface area contributed by atoms with Gasteiger partial charge in [0.25, 0.3) is 5.91 Å². The number of aromatic nitrogens is 2. The highest BCUT2D eigenvalue weighted by Crippen LogP contribution is 2.38. The molecule has 0 unspecified atom stereocenters. The Balaban J connectivity index is 1.87. The summed E-state index contributed by atoms with van der Waals surface area (Å²) in [6.45, 7) is 3.52. The van der Waals surface area contributed by atoms with Gasteiger partial charge < -0.3 is 0 Å². The molecule has 0 spiro atoms. The second-order valence-corrected chi connectivity index (χ2v) is 8.87. The minimum atomic E-state index is -5.08. The van der Waals surface area contributed by atoms with Crippen LogP contribution in [0, 0.1) is 13.8 Å². The summed E-state index contributed by atoms with van der Waals surface area (Å²) in [5, 5.41) is 0.135. The Hall–Kier alpha value is -3.47. The maximum absolute atomic E-state index is 13.5. The van der Waals surface area contributed by atoms with Gasteiger partial charge in [-0.25, -0.2) is 4.98 Å². The fourth-order valence-corrected chi connectivity index (χ4v) is 4.47. The summed E-state index contributed by atoms with van der Waals surface area (Å²) in [6, 6.07) is 9.39. The smallest absolute Gasteiger partial charge is 0.278 e. The van der Waals surface area contributed by atoms with Gasteiger partial charge >= 0.3 is 12.4 Å². The van der Waals surface area contributed by atoms with Crippen LogP contribution in [0.3, 0.4) is 0 Å². The molecule has 0 fully saturated rings. The van der Waals surface area contributed by atoms with Crippen molar-refractivity contribution >= 4 is 32.6 Å². The molecule has 2 aromatic heterocycles. The molecule has 0 saturated heterocycles. The van der Waals surface area contributed by atoms with Gasteiger partial charge in [0.1, 0.15) is 0 Å². The number of aryl methyl sites for hydroxylation is 2. The lowest BCUT2D eigenvalue weighted by Crippen LogP contribution is -2.31. The molecule has 2 heterocycles. The van der Waals surface area contributed by atoms with E-state index in [0.717, 1.165) is 32.1 Å². The van der Waals surface area contributed by atoms with Crippen molar-refractivity contribution in [1.82, 2.24) is 9.97 Å². The van der Waals surface area contributed by atoms with E-state index in [-0.39, 0.29) is 17.7 Å². The van der Waals surface area contributed by atoms with E-state index >= 15 is 0 Å². The molecule has 4 aromatic rings. The van der Waals surface area contributed by atoms with E-state index in [1.54, 1.807) is 24.3 Å². The minimum Gasteiger partial charge on any atom is -0.278 e. The Morgan fingerprint density at radius 1 is 0.943 bits per heavy atom. The zero-order valence-corrected chi connectivity index (χ0v) is 19.1. The number of pyridine rings is 1. The van der Waals surface area contributed by atoms with Gasteiger partial charge in [-0.3, -0.25) is 14.7 Å². The average molecular weight is 509 g/mol. The molecule has 0 bridgehead atoms. The Kier molecular flexibility index (Phi) is 6.31. The summed E-state index contributed by atoms with van der Waals surface area (Å²) >= 11 is 1.11. The average Bonchev–Trinajstić information content (AvgIpc) is 3.23. The van der Waals surface area contributed by atoms with E-state index in [4.69, 9.17) is 0 Å². The number of amides is 1. The molecule has 4 nitrogen and oxygen atoms in total. The number of anilines is 1. The lowest BCUT2D eigenvalue weighted by atomic mass is 10.0. The summed E-state index contributed by atoms with van der Waals surface area (Å²) in [4.78, 5) is 23.2. The monoisotopic (exact) mass is 509 g/mol. The molecular formula is C24H17F6N3OS. The maximum Gasteiger partial charge on any atom is 0.416 e. The number of carbonyl (C=O) groups is 1. The van der Waals surface area contributed by atoms with E-state index in [9.17, 15) is 31.1 Å². The van der Waals surface area contributed by atoms with Crippen LogP contribution >= 0.6 is 11.3 Å². The molecule has 2 aromatic carbocycles. The highest BCUT2D eigenvalue weighted by atomic mass is 32.1. The molecular weight excluding hydrogens is 492 g/mol. The first-order valence-corrected chi connectivity index (χ1v) is 11.0. The SMILES string of the molecule is Cc1ccc2sc(N(Cc3ccccn3)C(=O)c3cc(C(F)(F)F)cc(C(F)(F)F)c3)nc2c1C. The van der Waals surface area contributed by atoms with Crippen molar-refractivity contribution in [1.29, 1.82) is 0 Å². The predicted octanol–water partition coefficient (Wildman–Crippen LogP) is 7.19. The molecule has 0 N–H and O–H groups in total. The first kappa shape index (κ1) is 24.6. The van der Waals surface area contributed by atoms with Crippen LogP contribution in [0.25, 0.3) is 10.2 Å². The van der Waals surface area contributed by atoms with E-state index in [1.807, 2.05) is 19.9 Å². The van der Waals surface area contributed by atoms with Gasteiger partial charge in [-0.05, 0) is 61.4 Å². The minimum absolute atomic E-state index is 0.0102. The fourth-order valence-electron chi connectivity index (χ4n) is 3.44. The molecule has 35 heavy (non-hydrogen) atoms. The number of nitrogens with zero attached hydrogens (tertiary/aromatic N) is 3. The van der Waals surface area contributed by atoms with Crippen molar-refractivity contribution in [3.63, 3.8) is 0 Å². The van der Waals surface area contributed by atoms with Crippen molar-refractivity contribution < 1.29 is 31.1 Å². The van der Waals surface area contributed by atoms with Crippen LogP contribution < -0.4 is 4.90 Å². The van der Waals surface area contributed by atoms with Gasteiger partial charge in [0, 0.05) is 11.8 Å². The van der Waals surface area contributed by atoms with Crippen LogP contribution in [0.5, 0.6) is 0 Å². The molecule has 0 atom stereocenters. The third-order valence-electron chi connectivity index (χ3n) is 5.43. The number of hydrogen-bond acceptors (Lipinski definition) is 4. The molecule has 1 amide bonds. The Morgan fingerprint density at radius 3 is 2.17 bits per heavy atom. The van der Waals surface area contributed by atoms with Crippen molar-refractivity contribution in [3.8, 4) is 0 Å².